The Labute approximate surface area is 233 Å². The van der Waals surface area contributed by atoms with Gasteiger partial charge in [0.1, 0.15) is 11.6 Å². The minimum Gasteiger partial charge on any atom is -0.259 e. The normalized spacial score (nSPS) is 12.3. The quantitative estimate of drug-likeness (QED) is 0.179. The third kappa shape index (κ3) is 6.07. The minimum absolute atomic E-state index is 0.0423. The Balaban J connectivity index is 1.58. The van der Waals surface area contributed by atoms with Gasteiger partial charge in [-0.15, -0.1) is 0 Å². The van der Waals surface area contributed by atoms with Gasteiger partial charge < -0.3 is 0 Å². The molecule has 0 saturated carbocycles. The number of fused-ring (bicyclic) bond motifs is 1. The highest BCUT2D eigenvalue weighted by molar-refractivity contribution is 6.30. The molecule has 0 unspecified atom stereocenters. The Kier molecular flexibility index (Phi) is 7.54. The molecule has 212 valence electrons. The molecular formula is C30H19ClF8N2. The van der Waals surface area contributed by atoms with Crippen LogP contribution in [-0.4, -0.2) is 9.78 Å². The summed E-state index contributed by atoms with van der Waals surface area (Å²) in [6.45, 7) is -0.204. The van der Waals surface area contributed by atoms with E-state index in [4.69, 9.17) is 11.6 Å². The first kappa shape index (κ1) is 28.6. The molecule has 0 spiro atoms. The molecule has 0 saturated heterocycles. The fraction of sp³-hybridized carbons (Fsp3) is 0.167. The van der Waals surface area contributed by atoms with Crippen LogP contribution in [0.3, 0.4) is 0 Å². The predicted molar refractivity (Wildman–Crippen MR) is 139 cm³/mol. The fourth-order valence-corrected chi connectivity index (χ4v) is 4.89. The average Bonchev–Trinajstić information content (AvgIpc) is 3.26. The molecule has 11 heteroatoms. The monoisotopic (exact) mass is 594 g/mol. The number of hydrogen-bond donors (Lipinski definition) is 0. The first-order valence-electron chi connectivity index (χ1n) is 12.3. The highest BCUT2D eigenvalue weighted by Gasteiger charge is 2.35. The van der Waals surface area contributed by atoms with Gasteiger partial charge in [-0.3, -0.25) is 4.68 Å². The van der Waals surface area contributed by atoms with Crippen molar-refractivity contribution in [2.45, 2.75) is 31.7 Å². The third-order valence-corrected chi connectivity index (χ3v) is 6.90. The van der Waals surface area contributed by atoms with Crippen molar-refractivity contribution in [2.24, 2.45) is 0 Å². The molecule has 4 aromatic carbocycles. The fourth-order valence-electron chi connectivity index (χ4n) is 4.73. The number of hydrogen-bond acceptors (Lipinski definition) is 1. The van der Waals surface area contributed by atoms with E-state index in [-0.39, 0.29) is 52.1 Å². The van der Waals surface area contributed by atoms with Crippen LogP contribution in [0, 0.1) is 11.6 Å². The molecule has 0 radical (unpaired) electrons. The number of alkyl halides is 6. The van der Waals surface area contributed by atoms with E-state index in [1.807, 2.05) is 0 Å². The minimum atomic E-state index is -4.72. The second-order valence-electron chi connectivity index (χ2n) is 9.44. The topological polar surface area (TPSA) is 17.8 Å². The van der Waals surface area contributed by atoms with Crippen LogP contribution in [0.4, 0.5) is 35.1 Å². The van der Waals surface area contributed by atoms with Crippen LogP contribution < -0.4 is 0 Å². The molecule has 0 aliphatic carbocycles. The maximum absolute atomic E-state index is 14.6. The molecule has 1 heterocycles. The van der Waals surface area contributed by atoms with Crippen molar-refractivity contribution < 1.29 is 35.1 Å². The average molecular weight is 595 g/mol. The zero-order valence-corrected chi connectivity index (χ0v) is 21.7. The lowest BCUT2D eigenvalue weighted by atomic mass is 9.97. The van der Waals surface area contributed by atoms with Gasteiger partial charge in [-0.05, 0) is 72.5 Å². The van der Waals surface area contributed by atoms with Gasteiger partial charge in [0, 0.05) is 21.5 Å². The second-order valence-corrected chi connectivity index (χ2v) is 9.88. The van der Waals surface area contributed by atoms with Crippen LogP contribution in [0.5, 0.6) is 0 Å². The Morgan fingerprint density at radius 3 is 2.17 bits per heavy atom. The molecule has 0 atom stereocenters. The van der Waals surface area contributed by atoms with Crippen molar-refractivity contribution in [3.05, 3.63) is 123 Å². The lowest BCUT2D eigenvalue weighted by Gasteiger charge is -2.14. The zero-order valence-electron chi connectivity index (χ0n) is 20.9. The van der Waals surface area contributed by atoms with Crippen molar-refractivity contribution in [1.29, 1.82) is 0 Å². The van der Waals surface area contributed by atoms with Gasteiger partial charge in [-0.2, -0.15) is 31.4 Å². The van der Waals surface area contributed by atoms with Gasteiger partial charge in [0.05, 0.1) is 28.9 Å². The number of nitrogens with zero attached hydrogens (tertiary/aromatic N) is 2. The Morgan fingerprint density at radius 1 is 0.707 bits per heavy atom. The highest BCUT2D eigenvalue weighted by atomic mass is 35.5. The molecule has 2 nitrogen and oxygen atoms in total. The highest BCUT2D eigenvalue weighted by Crippen LogP contribution is 2.40. The lowest BCUT2D eigenvalue weighted by molar-refractivity contribution is -0.138. The van der Waals surface area contributed by atoms with Crippen molar-refractivity contribution >= 4 is 22.5 Å². The van der Waals surface area contributed by atoms with Gasteiger partial charge >= 0.3 is 12.4 Å². The van der Waals surface area contributed by atoms with E-state index < -0.39 is 35.1 Å². The maximum atomic E-state index is 14.6. The summed E-state index contributed by atoms with van der Waals surface area (Å²) in [5.41, 5.74) is -0.916. The van der Waals surface area contributed by atoms with Crippen molar-refractivity contribution in [3.63, 3.8) is 0 Å². The van der Waals surface area contributed by atoms with E-state index in [2.05, 4.69) is 5.10 Å². The molecule has 0 N–H and O–H groups in total. The molecule has 0 aliphatic rings. The summed E-state index contributed by atoms with van der Waals surface area (Å²) in [7, 11) is 0. The lowest BCUT2D eigenvalue weighted by Crippen LogP contribution is -2.08. The van der Waals surface area contributed by atoms with Gasteiger partial charge in [0.15, 0.2) is 0 Å². The summed E-state index contributed by atoms with van der Waals surface area (Å²) in [4.78, 5) is 0. The van der Waals surface area contributed by atoms with Gasteiger partial charge in [-0.1, -0.05) is 41.9 Å². The number of rotatable bonds is 6. The van der Waals surface area contributed by atoms with E-state index in [1.54, 1.807) is 24.3 Å². The molecule has 0 aliphatic heterocycles. The van der Waals surface area contributed by atoms with Crippen LogP contribution in [0.1, 0.15) is 27.8 Å². The second kappa shape index (κ2) is 10.8. The smallest absolute Gasteiger partial charge is 0.259 e. The van der Waals surface area contributed by atoms with Crippen LogP contribution in [0.25, 0.3) is 22.2 Å². The summed E-state index contributed by atoms with van der Waals surface area (Å²) in [5, 5.41) is 4.32. The summed E-state index contributed by atoms with van der Waals surface area (Å²) in [6, 6.07) is 16.1. The number of aromatic nitrogens is 2. The summed E-state index contributed by atoms with van der Waals surface area (Å²) in [5.74, 6) is -1.45. The maximum Gasteiger partial charge on any atom is 0.417 e. The Bertz CT molecular complexity index is 1740. The Morgan fingerprint density at radius 2 is 1.46 bits per heavy atom. The summed E-state index contributed by atoms with van der Waals surface area (Å²) in [6.07, 6.45) is -9.33. The summed E-state index contributed by atoms with van der Waals surface area (Å²) < 4.78 is 112. The molecule has 1 aromatic heterocycles. The SMILES string of the molecule is Fc1ccc(C(F)(F)F)cc1CCc1cccc(-c2c3c(C(F)(F)F)cccc3nn2Cc2ccc(Cl)cc2F)c1. The van der Waals surface area contributed by atoms with E-state index in [9.17, 15) is 35.1 Å². The van der Waals surface area contributed by atoms with E-state index in [0.717, 1.165) is 24.3 Å². The first-order chi connectivity index (χ1) is 19.3. The van der Waals surface area contributed by atoms with Gasteiger partial charge in [0.25, 0.3) is 0 Å². The summed E-state index contributed by atoms with van der Waals surface area (Å²) >= 11 is 5.85. The predicted octanol–water partition coefficient (Wildman–Crippen LogP) is 9.51. The van der Waals surface area contributed by atoms with E-state index in [0.29, 0.717) is 17.2 Å². The third-order valence-electron chi connectivity index (χ3n) is 6.66. The molecule has 5 aromatic rings. The largest absolute Gasteiger partial charge is 0.417 e. The molecule has 0 amide bonds. The zero-order chi connectivity index (χ0) is 29.5. The van der Waals surface area contributed by atoms with E-state index in [1.165, 1.54) is 28.9 Å². The van der Waals surface area contributed by atoms with Crippen molar-refractivity contribution in [1.82, 2.24) is 9.78 Å². The van der Waals surface area contributed by atoms with Crippen LogP contribution in [0.15, 0.2) is 78.9 Å². The van der Waals surface area contributed by atoms with Crippen LogP contribution in [0.2, 0.25) is 5.02 Å². The molecular weight excluding hydrogens is 576 g/mol. The van der Waals surface area contributed by atoms with Gasteiger partial charge in [0.2, 0.25) is 0 Å². The number of aryl methyl sites for hydroxylation is 2. The molecule has 0 fully saturated rings. The molecule has 5 rings (SSSR count). The number of benzene rings is 4. The van der Waals surface area contributed by atoms with Crippen LogP contribution in [-0.2, 0) is 31.7 Å². The molecule has 0 bridgehead atoms. The van der Waals surface area contributed by atoms with Crippen molar-refractivity contribution in [2.75, 3.05) is 0 Å². The van der Waals surface area contributed by atoms with E-state index >= 15 is 0 Å². The number of halogens is 9. The first-order valence-corrected chi connectivity index (χ1v) is 12.6. The standard InChI is InChI=1S/C30H19ClF8N2/c31-22-11-9-20(25(33)15-22)16-41-28(27-23(30(37,38)39)5-2-6-26(27)40-41)19-4-1-3-17(13-19)7-8-18-14-21(29(34,35)36)10-12-24(18)32/h1-6,9-15H,7-8,16H2. The van der Waals surface area contributed by atoms with Gasteiger partial charge in [-0.25, -0.2) is 8.78 Å². The molecule has 41 heavy (non-hydrogen) atoms. The van der Waals surface area contributed by atoms with Crippen molar-refractivity contribution in [3.8, 4) is 11.3 Å². The van der Waals surface area contributed by atoms with Crippen LogP contribution >= 0.6 is 11.6 Å². The Hall–Kier alpha value is -3.92.